The lowest BCUT2D eigenvalue weighted by Crippen LogP contribution is -2.51. The van der Waals surface area contributed by atoms with Crippen molar-refractivity contribution in [3.8, 4) is 0 Å². The summed E-state index contributed by atoms with van der Waals surface area (Å²) in [6, 6.07) is 8.08. The van der Waals surface area contributed by atoms with Crippen LogP contribution in [-0.2, 0) is 40.0 Å². The van der Waals surface area contributed by atoms with E-state index in [4.69, 9.17) is 0 Å². The molecule has 1 unspecified atom stereocenters. The molecule has 2 atom stereocenters. The minimum atomic E-state index is -0.947. The molecule has 1 saturated heterocycles. The second kappa shape index (κ2) is 16.6. The van der Waals surface area contributed by atoms with Crippen molar-refractivity contribution in [1.29, 1.82) is 0 Å². The van der Waals surface area contributed by atoms with Gasteiger partial charge in [-0.15, -0.1) is 0 Å². The van der Waals surface area contributed by atoms with E-state index in [1.807, 2.05) is 6.07 Å². The predicted octanol–water partition coefficient (Wildman–Crippen LogP) is -0.0205. The molecule has 1 aromatic rings. The third kappa shape index (κ3) is 11.9. The number of hydrogen-bond acceptors (Lipinski definition) is 7. The van der Waals surface area contributed by atoms with E-state index in [9.17, 15) is 33.6 Å². The molecule has 1 aromatic carbocycles. The zero-order valence-electron chi connectivity index (χ0n) is 21.8. The topological polar surface area (TPSA) is 171 Å². The van der Waals surface area contributed by atoms with Crippen LogP contribution in [0.15, 0.2) is 30.3 Å². The number of amides is 6. The Hall–Kier alpha value is -3.36. The van der Waals surface area contributed by atoms with Crippen LogP contribution < -0.4 is 21.3 Å². The van der Waals surface area contributed by atoms with Crippen LogP contribution in [0.3, 0.4) is 0 Å². The highest BCUT2D eigenvalue weighted by Gasteiger charge is 2.34. The molecule has 0 spiro atoms. The smallest absolute Gasteiger partial charge is 0.243 e. The summed E-state index contributed by atoms with van der Waals surface area (Å²) >= 11 is 1.56. The summed E-state index contributed by atoms with van der Waals surface area (Å²) in [5, 5.41) is 9.91. The fourth-order valence-corrected chi connectivity index (χ4v) is 4.10. The average molecular weight is 655 g/mol. The van der Waals surface area contributed by atoms with Crippen molar-refractivity contribution in [3.05, 3.63) is 35.9 Å². The van der Waals surface area contributed by atoms with Crippen molar-refractivity contribution < 1.29 is 33.6 Å². The maximum absolute atomic E-state index is 12.5. The van der Waals surface area contributed by atoms with Crippen molar-refractivity contribution in [2.75, 3.05) is 26.2 Å². The number of nitrogens with zero attached hydrogens (tertiary/aromatic N) is 1. The fourth-order valence-electron chi connectivity index (χ4n) is 3.91. The normalized spacial score (nSPS) is 15.4. The maximum atomic E-state index is 12.5. The van der Waals surface area contributed by atoms with E-state index in [-0.39, 0.29) is 59.8 Å². The minimum absolute atomic E-state index is 0.153. The molecule has 0 bridgehead atoms. The number of hydrogen-bond donors (Lipinski definition) is 4. The van der Waals surface area contributed by atoms with Crippen LogP contribution in [0.1, 0.15) is 44.6 Å². The molecule has 0 saturated carbocycles. The molecule has 13 heteroatoms. The molecule has 1 aliphatic heterocycles. The molecule has 2 rings (SSSR count). The number of nitrogens with one attached hydrogen (secondary N) is 4. The quantitative estimate of drug-likeness (QED) is 0.0840. The zero-order valence-corrected chi connectivity index (χ0v) is 24.0. The number of rotatable bonds is 16. The van der Waals surface area contributed by atoms with Gasteiger partial charge < -0.3 is 21.3 Å². The monoisotopic (exact) mass is 655 g/mol. The first-order valence-corrected chi connectivity index (χ1v) is 13.8. The summed E-state index contributed by atoms with van der Waals surface area (Å²) in [6.45, 7) is 1.19. The van der Waals surface area contributed by atoms with Gasteiger partial charge in [-0.3, -0.25) is 38.5 Å². The second-order valence-corrected chi connectivity index (χ2v) is 10.4. The SMILES string of the molecule is CC1CC(=O)N(CCCCCC(=O)NCC(=O)NCC(=O)N[C@@H](Cc2ccccc2)C(=O)NCC(=O)I)C1=O. The Labute approximate surface area is 240 Å². The van der Waals surface area contributed by atoms with Crippen molar-refractivity contribution in [2.45, 2.75) is 51.5 Å². The van der Waals surface area contributed by atoms with Crippen molar-refractivity contribution >= 4 is 61.8 Å². The molecule has 0 radical (unpaired) electrons. The number of benzene rings is 1. The van der Waals surface area contributed by atoms with Gasteiger partial charge in [-0.1, -0.05) is 43.7 Å². The first-order chi connectivity index (χ1) is 18.6. The summed E-state index contributed by atoms with van der Waals surface area (Å²) in [5.74, 6) is -2.61. The third-order valence-electron chi connectivity index (χ3n) is 5.98. The Kier molecular flexibility index (Phi) is 13.5. The van der Waals surface area contributed by atoms with Crippen molar-refractivity contribution in [2.24, 2.45) is 5.92 Å². The molecule has 4 N–H and O–H groups in total. The van der Waals surface area contributed by atoms with Gasteiger partial charge in [0.1, 0.15) is 6.04 Å². The van der Waals surface area contributed by atoms with E-state index >= 15 is 0 Å². The first kappa shape index (κ1) is 31.9. The molecule has 1 fully saturated rings. The minimum Gasteiger partial charge on any atom is -0.347 e. The van der Waals surface area contributed by atoms with E-state index in [2.05, 4.69) is 21.3 Å². The van der Waals surface area contributed by atoms with Crippen LogP contribution in [0.5, 0.6) is 0 Å². The molecule has 6 amide bonds. The molecule has 1 heterocycles. The lowest BCUT2D eigenvalue weighted by molar-refractivity contribution is -0.139. The number of unbranched alkanes of at least 4 members (excludes halogenated alkanes) is 2. The molecule has 212 valence electrons. The van der Waals surface area contributed by atoms with Crippen LogP contribution >= 0.6 is 22.6 Å². The number of imide groups is 1. The van der Waals surface area contributed by atoms with E-state index in [1.165, 1.54) is 4.90 Å². The summed E-state index contributed by atoms with van der Waals surface area (Å²) < 4.78 is -0.259. The molecule has 0 aromatic heterocycles. The van der Waals surface area contributed by atoms with Gasteiger partial charge >= 0.3 is 0 Å². The van der Waals surface area contributed by atoms with Gasteiger partial charge in [0.25, 0.3) is 0 Å². The summed E-state index contributed by atoms with van der Waals surface area (Å²) in [6.07, 6.45) is 2.41. The van der Waals surface area contributed by atoms with Crippen molar-refractivity contribution in [3.63, 3.8) is 0 Å². The Balaban J connectivity index is 1.65. The highest BCUT2D eigenvalue weighted by molar-refractivity contribution is 14.1. The van der Waals surface area contributed by atoms with Crippen molar-refractivity contribution in [1.82, 2.24) is 26.2 Å². The molecular weight excluding hydrogens is 621 g/mol. The summed E-state index contributed by atoms with van der Waals surface area (Å²) in [7, 11) is 0. The molecule has 0 aliphatic carbocycles. The van der Waals surface area contributed by atoms with Crippen LogP contribution in [0.25, 0.3) is 0 Å². The number of likely N-dealkylation sites (tertiary alicyclic amines) is 1. The zero-order chi connectivity index (χ0) is 28.8. The van der Waals surface area contributed by atoms with Gasteiger partial charge in [-0.05, 0) is 18.4 Å². The predicted molar refractivity (Wildman–Crippen MR) is 149 cm³/mol. The lowest BCUT2D eigenvalue weighted by atomic mass is 10.1. The molecular formula is C26H34IN5O7. The Morgan fingerprint density at radius 2 is 1.56 bits per heavy atom. The molecule has 12 nitrogen and oxygen atoms in total. The Morgan fingerprint density at radius 1 is 0.897 bits per heavy atom. The molecule has 1 aliphatic rings. The fraction of sp³-hybridized carbons (Fsp3) is 0.500. The van der Waals surface area contributed by atoms with E-state index < -0.39 is 30.3 Å². The second-order valence-electron chi connectivity index (χ2n) is 9.24. The van der Waals surface area contributed by atoms with Crippen LogP contribution in [0.2, 0.25) is 0 Å². The number of carbonyl (C=O) groups excluding carboxylic acids is 7. The third-order valence-corrected chi connectivity index (χ3v) is 6.36. The van der Waals surface area contributed by atoms with E-state index in [0.717, 1.165) is 5.56 Å². The van der Waals surface area contributed by atoms with Gasteiger partial charge in [0.15, 0.2) is 0 Å². The summed E-state index contributed by atoms with van der Waals surface area (Å²) in [5.41, 5.74) is 0.804. The Bertz CT molecular complexity index is 1070. The van der Waals surface area contributed by atoms with E-state index in [1.54, 1.807) is 53.8 Å². The maximum Gasteiger partial charge on any atom is 0.243 e. The highest BCUT2D eigenvalue weighted by atomic mass is 127. The standard InChI is InChI=1S/C26H34IN5O7/c1-17-12-24(37)32(26(17)39)11-7-3-6-10-21(34)28-15-22(35)29-16-23(36)31-19(25(38)30-14-20(27)33)13-18-8-4-2-5-9-18/h2,4-5,8-9,17,19H,3,6-7,10-16H2,1H3,(H,28,34)(H,29,35)(H,30,38)(H,31,36)/t17?,19-/m0/s1. The number of halogens is 1. The van der Waals surface area contributed by atoms with Gasteiger partial charge in [0.2, 0.25) is 39.2 Å². The summed E-state index contributed by atoms with van der Waals surface area (Å²) in [4.78, 5) is 85.0. The average Bonchev–Trinajstić information content (AvgIpc) is 3.14. The Morgan fingerprint density at radius 3 is 2.21 bits per heavy atom. The largest absolute Gasteiger partial charge is 0.347 e. The number of carbonyl (C=O) groups is 7. The van der Waals surface area contributed by atoms with Gasteiger partial charge in [0.05, 0.1) is 19.6 Å². The first-order valence-electron chi connectivity index (χ1n) is 12.7. The lowest BCUT2D eigenvalue weighted by Gasteiger charge is -2.18. The van der Waals surface area contributed by atoms with Gasteiger partial charge in [-0.25, -0.2) is 0 Å². The van der Waals surface area contributed by atoms with E-state index in [0.29, 0.717) is 25.8 Å². The van der Waals surface area contributed by atoms with Gasteiger partial charge in [0, 0.05) is 54.3 Å². The van der Waals surface area contributed by atoms with Crippen LogP contribution in [0, 0.1) is 5.92 Å². The van der Waals surface area contributed by atoms with Crippen LogP contribution in [0.4, 0.5) is 0 Å². The molecule has 39 heavy (non-hydrogen) atoms. The van der Waals surface area contributed by atoms with Crippen LogP contribution in [-0.4, -0.2) is 76.4 Å². The van der Waals surface area contributed by atoms with Gasteiger partial charge in [-0.2, -0.15) is 0 Å². The highest BCUT2D eigenvalue weighted by Crippen LogP contribution is 2.19.